The topological polar surface area (TPSA) is 95.9 Å². The molecule has 0 aromatic heterocycles. The average Bonchev–Trinajstić information content (AvgIpc) is 3.15. The second kappa shape index (κ2) is 9.87. The Hall–Kier alpha value is -3.35. The molecule has 0 bridgehead atoms. The van der Waals surface area contributed by atoms with Gasteiger partial charge in [0.2, 0.25) is 5.91 Å². The number of carboxylic acid groups (broad SMARTS) is 1. The Balaban J connectivity index is 1.37. The van der Waals surface area contributed by atoms with E-state index in [1.165, 1.54) is 4.90 Å². The van der Waals surface area contributed by atoms with Gasteiger partial charge in [-0.25, -0.2) is 9.59 Å². The molecule has 4 atom stereocenters. The summed E-state index contributed by atoms with van der Waals surface area (Å²) in [4.78, 5) is 38.8. The summed E-state index contributed by atoms with van der Waals surface area (Å²) in [5, 5.41) is 12.3. The van der Waals surface area contributed by atoms with Crippen LogP contribution in [0, 0.1) is 11.8 Å². The van der Waals surface area contributed by atoms with E-state index in [1.54, 1.807) is 13.8 Å². The molecule has 0 spiro atoms. The van der Waals surface area contributed by atoms with Gasteiger partial charge in [-0.05, 0) is 47.9 Å². The van der Waals surface area contributed by atoms with Gasteiger partial charge in [0.15, 0.2) is 0 Å². The van der Waals surface area contributed by atoms with Gasteiger partial charge in [0.1, 0.15) is 12.6 Å². The van der Waals surface area contributed by atoms with Crippen LogP contribution < -0.4 is 5.32 Å². The number of hydrogen-bond acceptors (Lipinski definition) is 4. The summed E-state index contributed by atoms with van der Waals surface area (Å²) < 4.78 is 5.59. The molecule has 2 amide bonds. The molecule has 0 radical (unpaired) electrons. The van der Waals surface area contributed by atoms with Crippen molar-refractivity contribution in [1.82, 2.24) is 10.2 Å². The zero-order valence-corrected chi connectivity index (χ0v) is 19.9. The highest BCUT2D eigenvalue weighted by Crippen LogP contribution is 2.44. The van der Waals surface area contributed by atoms with Crippen molar-refractivity contribution in [2.75, 3.05) is 13.2 Å². The van der Waals surface area contributed by atoms with Crippen LogP contribution >= 0.6 is 0 Å². The molecule has 34 heavy (non-hydrogen) atoms. The molecule has 2 aromatic carbocycles. The summed E-state index contributed by atoms with van der Waals surface area (Å²) in [5.41, 5.74) is 4.57. The van der Waals surface area contributed by atoms with Crippen molar-refractivity contribution in [3.63, 3.8) is 0 Å². The van der Waals surface area contributed by atoms with Crippen LogP contribution in [0.2, 0.25) is 0 Å². The number of aliphatic carboxylic acids is 1. The first kappa shape index (κ1) is 23.8. The smallest absolute Gasteiger partial charge is 0.407 e. The number of rotatable bonds is 6. The van der Waals surface area contributed by atoms with Crippen LogP contribution in [-0.2, 0) is 14.3 Å². The molecule has 1 aliphatic carbocycles. The predicted molar refractivity (Wildman–Crippen MR) is 128 cm³/mol. The number of fused-ring (bicyclic) bond motifs is 3. The molecule has 2 aromatic rings. The number of ether oxygens (including phenoxy) is 1. The number of likely N-dealkylation sites (tertiary alicyclic amines) is 1. The van der Waals surface area contributed by atoms with Crippen molar-refractivity contribution in [2.24, 2.45) is 11.8 Å². The van der Waals surface area contributed by atoms with Crippen molar-refractivity contribution in [2.45, 2.75) is 51.6 Å². The van der Waals surface area contributed by atoms with Crippen LogP contribution in [0.1, 0.15) is 50.7 Å². The molecule has 0 saturated carbocycles. The van der Waals surface area contributed by atoms with E-state index in [-0.39, 0.29) is 24.3 Å². The molecular weight excluding hydrogens is 432 g/mol. The number of piperidine rings is 1. The molecule has 1 fully saturated rings. The number of carbonyl (C=O) groups is 3. The molecular formula is C27H32N2O5. The largest absolute Gasteiger partial charge is 0.480 e. The van der Waals surface area contributed by atoms with Crippen molar-refractivity contribution in [1.29, 1.82) is 0 Å². The van der Waals surface area contributed by atoms with E-state index >= 15 is 0 Å². The molecule has 180 valence electrons. The van der Waals surface area contributed by atoms with Crippen molar-refractivity contribution < 1.29 is 24.2 Å². The Morgan fingerprint density at radius 2 is 1.62 bits per heavy atom. The lowest BCUT2D eigenvalue weighted by Crippen LogP contribution is -2.54. The second-order valence-corrected chi connectivity index (χ2v) is 9.57. The number of carbonyl (C=O) groups excluding carboxylic acids is 2. The van der Waals surface area contributed by atoms with Gasteiger partial charge in [0.05, 0.1) is 5.92 Å². The summed E-state index contributed by atoms with van der Waals surface area (Å²) in [5.74, 6) is -1.61. The average molecular weight is 465 g/mol. The van der Waals surface area contributed by atoms with E-state index in [0.717, 1.165) is 28.7 Å². The van der Waals surface area contributed by atoms with Crippen LogP contribution in [0.5, 0.6) is 0 Å². The maximum absolute atomic E-state index is 13.1. The highest BCUT2D eigenvalue weighted by Gasteiger charge is 2.38. The van der Waals surface area contributed by atoms with Crippen LogP contribution in [0.3, 0.4) is 0 Å². The molecule has 7 heteroatoms. The van der Waals surface area contributed by atoms with Gasteiger partial charge < -0.3 is 20.1 Å². The summed E-state index contributed by atoms with van der Waals surface area (Å²) in [6.45, 7) is 6.08. The maximum atomic E-state index is 13.1. The van der Waals surface area contributed by atoms with Crippen molar-refractivity contribution >= 4 is 18.0 Å². The third-order valence-corrected chi connectivity index (χ3v) is 7.21. The molecule has 4 rings (SSSR count). The van der Waals surface area contributed by atoms with Crippen LogP contribution in [0.25, 0.3) is 11.1 Å². The fourth-order valence-electron chi connectivity index (χ4n) is 5.08. The van der Waals surface area contributed by atoms with Crippen LogP contribution in [0.4, 0.5) is 4.79 Å². The molecule has 1 heterocycles. The van der Waals surface area contributed by atoms with Gasteiger partial charge in [-0.2, -0.15) is 0 Å². The van der Waals surface area contributed by atoms with Gasteiger partial charge in [-0.15, -0.1) is 0 Å². The number of amides is 2. The van der Waals surface area contributed by atoms with Gasteiger partial charge in [-0.3, -0.25) is 4.79 Å². The Labute approximate surface area is 200 Å². The molecule has 1 aliphatic heterocycles. The second-order valence-electron chi connectivity index (χ2n) is 9.57. The zero-order valence-electron chi connectivity index (χ0n) is 19.9. The van der Waals surface area contributed by atoms with Crippen LogP contribution in [0.15, 0.2) is 48.5 Å². The Morgan fingerprint density at radius 3 is 2.21 bits per heavy atom. The lowest BCUT2D eigenvalue weighted by molar-refractivity contribution is -0.155. The quantitative estimate of drug-likeness (QED) is 0.666. The van der Waals surface area contributed by atoms with Gasteiger partial charge in [0, 0.05) is 18.5 Å². The number of nitrogens with one attached hydrogen (secondary N) is 1. The zero-order chi connectivity index (χ0) is 24.4. The fraction of sp³-hybridized carbons (Fsp3) is 0.444. The number of carboxylic acids is 1. The molecule has 4 unspecified atom stereocenters. The van der Waals surface area contributed by atoms with E-state index in [4.69, 9.17) is 4.74 Å². The van der Waals surface area contributed by atoms with E-state index in [1.807, 2.05) is 31.2 Å². The first-order valence-electron chi connectivity index (χ1n) is 11.9. The standard InChI is InChI=1S/C27H32N2O5/c1-16-12-13-24(26(31)32)29(14-16)25(30)17(2)18(3)28-27(33)34-15-23-21-10-6-4-8-19(21)20-9-5-7-11-22(20)23/h4-11,16-18,23-24H,12-15H2,1-3H3,(H,28,33)(H,31,32). The van der Waals surface area contributed by atoms with E-state index in [2.05, 4.69) is 29.6 Å². The Morgan fingerprint density at radius 1 is 1.03 bits per heavy atom. The summed E-state index contributed by atoms with van der Waals surface area (Å²) in [7, 11) is 0. The van der Waals surface area contributed by atoms with E-state index in [9.17, 15) is 19.5 Å². The lowest BCUT2D eigenvalue weighted by atomic mass is 9.91. The number of nitrogens with zero attached hydrogens (tertiary/aromatic N) is 1. The monoisotopic (exact) mass is 464 g/mol. The van der Waals surface area contributed by atoms with Gasteiger partial charge in [-0.1, -0.05) is 62.4 Å². The minimum absolute atomic E-state index is 0.0429. The highest BCUT2D eigenvalue weighted by atomic mass is 16.5. The fourth-order valence-corrected chi connectivity index (χ4v) is 5.08. The molecule has 7 nitrogen and oxygen atoms in total. The van der Waals surface area contributed by atoms with E-state index in [0.29, 0.717) is 13.0 Å². The Bertz CT molecular complexity index is 1040. The maximum Gasteiger partial charge on any atom is 0.407 e. The minimum atomic E-state index is -0.982. The molecule has 2 aliphatic rings. The summed E-state index contributed by atoms with van der Waals surface area (Å²) in [6.07, 6.45) is 0.641. The number of hydrogen-bond donors (Lipinski definition) is 2. The van der Waals surface area contributed by atoms with E-state index < -0.39 is 30.1 Å². The first-order valence-corrected chi connectivity index (χ1v) is 11.9. The lowest BCUT2D eigenvalue weighted by Gasteiger charge is -2.38. The molecule has 1 saturated heterocycles. The van der Waals surface area contributed by atoms with Gasteiger partial charge >= 0.3 is 12.1 Å². The third kappa shape index (κ3) is 4.65. The number of benzene rings is 2. The SMILES string of the molecule is CC1CCC(C(=O)O)N(C(=O)C(C)C(C)NC(=O)OCC2c3ccccc3-c3ccccc32)C1. The molecule has 2 N–H and O–H groups in total. The highest BCUT2D eigenvalue weighted by molar-refractivity contribution is 5.86. The minimum Gasteiger partial charge on any atom is -0.480 e. The van der Waals surface area contributed by atoms with Gasteiger partial charge in [0.25, 0.3) is 0 Å². The predicted octanol–water partition coefficient (Wildman–Crippen LogP) is 4.26. The summed E-state index contributed by atoms with van der Waals surface area (Å²) in [6, 6.07) is 14.9. The normalized spacial score (nSPS) is 21.2. The van der Waals surface area contributed by atoms with Crippen LogP contribution in [-0.4, -0.2) is 53.2 Å². The van der Waals surface area contributed by atoms with Crippen molar-refractivity contribution in [3.05, 3.63) is 59.7 Å². The third-order valence-electron chi connectivity index (χ3n) is 7.21. The number of alkyl carbamates (subject to hydrolysis) is 1. The Kier molecular flexibility index (Phi) is 6.91. The van der Waals surface area contributed by atoms with Crippen molar-refractivity contribution in [3.8, 4) is 11.1 Å². The first-order chi connectivity index (χ1) is 16.3. The summed E-state index contributed by atoms with van der Waals surface area (Å²) >= 11 is 0.